The van der Waals surface area contributed by atoms with Crippen molar-refractivity contribution < 1.29 is 9.90 Å². The minimum Gasteiger partial charge on any atom is -0.478 e. The summed E-state index contributed by atoms with van der Waals surface area (Å²) in [4.78, 5) is 19.0. The highest BCUT2D eigenvalue weighted by Gasteiger charge is 2.03. The largest absolute Gasteiger partial charge is 0.478 e. The molecule has 2 rings (SSSR count). The van der Waals surface area contributed by atoms with Crippen molar-refractivity contribution in [3.05, 3.63) is 59.7 Å². The van der Waals surface area contributed by atoms with Gasteiger partial charge in [-0.2, -0.15) is 0 Å². The van der Waals surface area contributed by atoms with Gasteiger partial charge in [0, 0.05) is 12.4 Å². The van der Waals surface area contributed by atoms with Crippen molar-refractivity contribution in [3.63, 3.8) is 0 Å². The van der Waals surface area contributed by atoms with Gasteiger partial charge in [0.25, 0.3) is 0 Å². The van der Waals surface area contributed by atoms with Crippen LogP contribution in [0.25, 0.3) is 11.6 Å². The third kappa shape index (κ3) is 2.79. The third-order valence-corrected chi connectivity index (χ3v) is 2.48. The van der Waals surface area contributed by atoms with E-state index in [0.29, 0.717) is 0 Å². The number of hydrogen-bond donors (Lipinski definition) is 1. The van der Waals surface area contributed by atoms with E-state index in [0.717, 1.165) is 16.8 Å². The normalized spacial score (nSPS) is 11.3. The summed E-state index contributed by atoms with van der Waals surface area (Å²) in [6, 6.07) is 6.77. The van der Waals surface area contributed by atoms with E-state index in [9.17, 15) is 4.79 Å². The maximum absolute atomic E-state index is 10.9. The van der Waals surface area contributed by atoms with Gasteiger partial charge in [0.15, 0.2) is 0 Å². The first-order valence-corrected chi connectivity index (χ1v) is 5.45. The zero-order valence-electron chi connectivity index (χ0n) is 9.87. The third-order valence-electron chi connectivity index (χ3n) is 2.48. The molecule has 0 fully saturated rings. The van der Waals surface area contributed by atoms with Gasteiger partial charge in [0.05, 0.1) is 17.5 Å². The molecule has 0 bridgehead atoms. The molecule has 4 nitrogen and oxygen atoms in total. The quantitative estimate of drug-likeness (QED) is 0.895. The minimum atomic E-state index is -0.928. The lowest BCUT2D eigenvalue weighted by atomic mass is 10.1. The molecule has 0 saturated carbocycles. The van der Waals surface area contributed by atoms with E-state index < -0.39 is 5.97 Å². The van der Waals surface area contributed by atoms with Gasteiger partial charge in [-0.25, -0.2) is 4.79 Å². The van der Waals surface area contributed by atoms with Gasteiger partial charge in [-0.05, 0) is 36.3 Å². The van der Waals surface area contributed by atoms with E-state index in [1.165, 1.54) is 0 Å². The van der Waals surface area contributed by atoms with E-state index in [1.54, 1.807) is 36.8 Å². The van der Waals surface area contributed by atoms with E-state index in [-0.39, 0.29) is 5.56 Å². The highest BCUT2D eigenvalue weighted by molar-refractivity contribution is 5.89. The second-order valence-corrected chi connectivity index (χ2v) is 3.85. The fourth-order valence-corrected chi connectivity index (χ4v) is 1.59. The van der Waals surface area contributed by atoms with Crippen LogP contribution in [0.15, 0.2) is 42.9 Å². The summed E-state index contributed by atoms with van der Waals surface area (Å²) in [7, 11) is 0. The number of allylic oxidation sites excluding steroid dienone is 1. The Morgan fingerprint density at radius 3 is 2.83 bits per heavy atom. The Hall–Kier alpha value is -2.49. The molecule has 0 aliphatic rings. The van der Waals surface area contributed by atoms with Crippen LogP contribution in [-0.2, 0) is 0 Å². The molecule has 0 amide bonds. The van der Waals surface area contributed by atoms with Gasteiger partial charge >= 0.3 is 5.97 Å². The molecule has 0 saturated heterocycles. The monoisotopic (exact) mass is 240 g/mol. The summed E-state index contributed by atoms with van der Waals surface area (Å²) in [6.45, 7) is 1.91. The van der Waals surface area contributed by atoms with Gasteiger partial charge in [-0.3, -0.25) is 9.97 Å². The summed E-state index contributed by atoms with van der Waals surface area (Å²) in [6.07, 6.45) is 6.80. The van der Waals surface area contributed by atoms with Crippen LogP contribution in [-0.4, -0.2) is 21.0 Å². The summed E-state index contributed by atoms with van der Waals surface area (Å²) < 4.78 is 0. The van der Waals surface area contributed by atoms with Gasteiger partial charge in [-0.15, -0.1) is 0 Å². The number of hydrogen-bond acceptors (Lipinski definition) is 3. The fourth-order valence-electron chi connectivity index (χ4n) is 1.59. The number of carbonyl (C=O) groups is 1. The number of rotatable bonds is 3. The Kier molecular flexibility index (Phi) is 3.48. The van der Waals surface area contributed by atoms with Crippen LogP contribution < -0.4 is 0 Å². The zero-order valence-corrected chi connectivity index (χ0v) is 9.87. The first-order chi connectivity index (χ1) is 8.66. The second-order valence-electron chi connectivity index (χ2n) is 3.85. The van der Waals surface area contributed by atoms with E-state index >= 15 is 0 Å². The van der Waals surface area contributed by atoms with Gasteiger partial charge < -0.3 is 5.11 Å². The van der Waals surface area contributed by atoms with Crippen molar-refractivity contribution in [1.29, 1.82) is 0 Å². The van der Waals surface area contributed by atoms with Crippen molar-refractivity contribution >= 4 is 17.6 Å². The summed E-state index contributed by atoms with van der Waals surface area (Å²) in [5.74, 6) is -0.928. The minimum absolute atomic E-state index is 0.274. The Labute approximate surface area is 105 Å². The van der Waals surface area contributed by atoms with Crippen molar-refractivity contribution in [2.45, 2.75) is 6.92 Å². The Balaban J connectivity index is 2.33. The molecule has 0 unspecified atom stereocenters. The predicted octanol–water partition coefficient (Wildman–Crippen LogP) is 2.74. The van der Waals surface area contributed by atoms with Crippen molar-refractivity contribution in [2.75, 3.05) is 0 Å². The molecule has 0 aliphatic carbocycles. The average molecular weight is 240 g/mol. The molecule has 4 heteroatoms. The van der Waals surface area contributed by atoms with E-state index in [1.807, 2.05) is 19.1 Å². The van der Waals surface area contributed by atoms with Crippen LogP contribution in [0.2, 0.25) is 0 Å². The lowest BCUT2D eigenvalue weighted by Gasteiger charge is -2.01. The molecule has 1 aromatic carbocycles. The summed E-state index contributed by atoms with van der Waals surface area (Å²) in [5, 5.41) is 8.92. The highest BCUT2D eigenvalue weighted by atomic mass is 16.4. The Morgan fingerprint density at radius 2 is 2.17 bits per heavy atom. The number of nitrogens with zero attached hydrogens (tertiary/aromatic N) is 2. The molecule has 90 valence electrons. The lowest BCUT2D eigenvalue weighted by molar-refractivity contribution is 0.0697. The Bertz CT molecular complexity index is 592. The molecule has 2 aromatic rings. The molecule has 0 aliphatic heterocycles. The predicted molar refractivity (Wildman–Crippen MR) is 69.0 cm³/mol. The topological polar surface area (TPSA) is 63.1 Å². The maximum Gasteiger partial charge on any atom is 0.335 e. The van der Waals surface area contributed by atoms with Crippen LogP contribution in [0.5, 0.6) is 0 Å². The number of aromatic carboxylic acids is 1. The number of carboxylic acid groups (broad SMARTS) is 1. The summed E-state index contributed by atoms with van der Waals surface area (Å²) in [5.41, 5.74) is 2.82. The van der Waals surface area contributed by atoms with Crippen LogP contribution in [0.4, 0.5) is 0 Å². The van der Waals surface area contributed by atoms with Crippen LogP contribution in [0, 0.1) is 0 Å². The van der Waals surface area contributed by atoms with Crippen LogP contribution >= 0.6 is 0 Å². The molecular formula is C14H12N2O2. The number of carboxylic acids is 1. The van der Waals surface area contributed by atoms with Crippen molar-refractivity contribution in [1.82, 2.24) is 9.97 Å². The smallest absolute Gasteiger partial charge is 0.335 e. The molecule has 0 atom stereocenters. The average Bonchev–Trinajstić information content (AvgIpc) is 2.40. The van der Waals surface area contributed by atoms with Gasteiger partial charge in [-0.1, -0.05) is 12.1 Å². The molecule has 0 radical (unpaired) electrons. The zero-order chi connectivity index (χ0) is 13.0. The highest BCUT2D eigenvalue weighted by Crippen LogP contribution is 2.15. The van der Waals surface area contributed by atoms with Crippen molar-refractivity contribution in [3.8, 4) is 0 Å². The van der Waals surface area contributed by atoms with E-state index in [2.05, 4.69) is 9.97 Å². The Morgan fingerprint density at radius 1 is 1.33 bits per heavy atom. The first-order valence-electron chi connectivity index (χ1n) is 5.45. The van der Waals surface area contributed by atoms with Crippen LogP contribution in [0.3, 0.4) is 0 Å². The van der Waals surface area contributed by atoms with Gasteiger partial charge in [0.2, 0.25) is 0 Å². The number of benzene rings is 1. The van der Waals surface area contributed by atoms with Crippen molar-refractivity contribution in [2.24, 2.45) is 0 Å². The van der Waals surface area contributed by atoms with Gasteiger partial charge in [0.1, 0.15) is 0 Å². The fraction of sp³-hybridized carbons (Fsp3) is 0.0714. The molecule has 18 heavy (non-hydrogen) atoms. The SMILES string of the molecule is C/C(=C\c1cccc(C(=O)O)c1)c1cnccn1. The second kappa shape index (κ2) is 5.23. The molecular weight excluding hydrogens is 228 g/mol. The van der Waals surface area contributed by atoms with Crippen LogP contribution in [0.1, 0.15) is 28.5 Å². The molecule has 1 heterocycles. The number of aromatic nitrogens is 2. The standard InChI is InChI=1S/C14H12N2O2/c1-10(13-9-15-5-6-16-13)7-11-3-2-4-12(8-11)14(17)18/h2-9H,1H3,(H,17,18)/b10-7+. The molecule has 1 N–H and O–H groups in total. The lowest BCUT2D eigenvalue weighted by Crippen LogP contribution is -1.95. The summed E-state index contributed by atoms with van der Waals surface area (Å²) >= 11 is 0. The first kappa shape index (κ1) is 12.0. The molecule has 0 spiro atoms. The maximum atomic E-state index is 10.9. The molecule has 1 aromatic heterocycles. The van der Waals surface area contributed by atoms with E-state index in [4.69, 9.17) is 5.11 Å².